The number of nitrogens with zero attached hydrogens (tertiary/aromatic N) is 4. The fourth-order valence-electron chi connectivity index (χ4n) is 2.31. The summed E-state index contributed by atoms with van der Waals surface area (Å²) in [5.41, 5.74) is 0.890. The van der Waals surface area contributed by atoms with Gasteiger partial charge in [0.25, 0.3) is 0 Å². The molecule has 0 amide bonds. The first kappa shape index (κ1) is 14.6. The number of thioether (sulfide) groups is 1. The lowest BCUT2D eigenvalue weighted by molar-refractivity contribution is 0.658. The Labute approximate surface area is 132 Å². The van der Waals surface area contributed by atoms with Crippen molar-refractivity contribution in [3.8, 4) is 5.69 Å². The fourth-order valence-corrected chi connectivity index (χ4v) is 3.34. The first-order valence-corrected chi connectivity index (χ1v) is 7.99. The Morgan fingerprint density at radius 3 is 2.82 bits per heavy atom. The summed E-state index contributed by atoms with van der Waals surface area (Å²) < 4.78 is 3.68. The van der Waals surface area contributed by atoms with Gasteiger partial charge in [-0.15, -0.1) is 5.10 Å². The number of para-hydroxylation sites is 1. The standard InChI is InChI=1S/C15H17N5OS/c1-3-19-14(21)17-18-15(19)22-11(2)13-16-9-10-20(13)12-7-5-4-6-8-12/h4-11H,3H2,1-2H3,(H,17,21). The van der Waals surface area contributed by atoms with Crippen LogP contribution in [0, 0.1) is 0 Å². The van der Waals surface area contributed by atoms with E-state index in [-0.39, 0.29) is 10.9 Å². The molecule has 6 nitrogen and oxygen atoms in total. The quantitative estimate of drug-likeness (QED) is 0.735. The summed E-state index contributed by atoms with van der Waals surface area (Å²) in [5, 5.41) is 7.33. The number of nitrogens with one attached hydrogen (secondary N) is 1. The van der Waals surface area contributed by atoms with E-state index in [1.807, 2.05) is 43.5 Å². The van der Waals surface area contributed by atoms with E-state index in [9.17, 15) is 4.79 Å². The van der Waals surface area contributed by atoms with Gasteiger partial charge < -0.3 is 4.57 Å². The van der Waals surface area contributed by atoms with E-state index in [2.05, 4.69) is 26.7 Å². The highest BCUT2D eigenvalue weighted by atomic mass is 32.2. The van der Waals surface area contributed by atoms with Crippen molar-refractivity contribution >= 4 is 11.8 Å². The number of benzene rings is 1. The average Bonchev–Trinajstić information content (AvgIpc) is 3.15. The zero-order chi connectivity index (χ0) is 15.5. The molecule has 114 valence electrons. The average molecular weight is 315 g/mol. The molecular formula is C15H17N5OS. The zero-order valence-corrected chi connectivity index (χ0v) is 13.2. The summed E-state index contributed by atoms with van der Waals surface area (Å²) in [6.07, 6.45) is 3.73. The van der Waals surface area contributed by atoms with Crippen molar-refractivity contribution in [3.05, 3.63) is 59.0 Å². The van der Waals surface area contributed by atoms with Crippen molar-refractivity contribution in [2.75, 3.05) is 0 Å². The van der Waals surface area contributed by atoms with Crippen molar-refractivity contribution in [1.82, 2.24) is 24.3 Å². The summed E-state index contributed by atoms with van der Waals surface area (Å²) in [5.74, 6) is 0.925. The van der Waals surface area contributed by atoms with Crippen LogP contribution in [-0.4, -0.2) is 24.3 Å². The largest absolute Gasteiger partial charge is 0.343 e. The van der Waals surface area contributed by atoms with E-state index in [1.54, 1.807) is 10.8 Å². The second-order valence-corrected chi connectivity index (χ2v) is 6.11. The molecule has 22 heavy (non-hydrogen) atoms. The molecule has 0 radical (unpaired) electrons. The zero-order valence-electron chi connectivity index (χ0n) is 12.4. The van der Waals surface area contributed by atoms with E-state index in [0.717, 1.165) is 11.5 Å². The molecule has 0 saturated heterocycles. The van der Waals surface area contributed by atoms with Gasteiger partial charge in [-0.2, -0.15) is 0 Å². The van der Waals surface area contributed by atoms with Crippen LogP contribution in [0.25, 0.3) is 5.69 Å². The number of H-pyrrole nitrogens is 1. The SMILES string of the molecule is CCn1c(SC(C)c2nccn2-c2ccccc2)n[nH]c1=O. The van der Waals surface area contributed by atoms with Gasteiger partial charge >= 0.3 is 5.69 Å². The molecule has 0 saturated carbocycles. The second kappa shape index (κ2) is 6.23. The molecule has 3 aromatic rings. The summed E-state index contributed by atoms with van der Waals surface area (Å²) in [6.45, 7) is 4.58. The molecule has 0 spiro atoms. The van der Waals surface area contributed by atoms with Gasteiger partial charge in [0.1, 0.15) is 5.82 Å². The van der Waals surface area contributed by atoms with Crippen molar-refractivity contribution in [2.24, 2.45) is 0 Å². The van der Waals surface area contributed by atoms with Crippen molar-refractivity contribution in [1.29, 1.82) is 0 Å². The summed E-state index contributed by atoms with van der Waals surface area (Å²) in [7, 11) is 0. The molecule has 0 aliphatic carbocycles. The van der Waals surface area contributed by atoms with Gasteiger partial charge in [-0.25, -0.2) is 14.9 Å². The number of aromatic amines is 1. The first-order chi connectivity index (χ1) is 10.7. The van der Waals surface area contributed by atoms with E-state index in [0.29, 0.717) is 11.7 Å². The predicted molar refractivity (Wildman–Crippen MR) is 86.4 cm³/mol. The molecule has 0 aliphatic rings. The lowest BCUT2D eigenvalue weighted by Crippen LogP contribution is -2.16. The number of rotatable bonds is 5. The Kier molecular flexibility index (Phi) is 4.15. The highest BCUT2D eigenvalue weighted by Gasteiger charge is 2.18. The van der Waals surface area contributed by atoms with E-state index >= 15 is 0 Å². The fraction of sp³-hybridized carbons (Fsp3) is 0.267. The number of hydrogen-bond donors (Lipinski definition) is 1. The van der Waals surface area contributed by atoms with Crippen LogP contribution in [-0.2, 0) is 6.54 Å². The highest BCUT2D eigenvalue weighted by Crippen LogP contribution is 2.33. The number of aromatic nitrogens is 5. The molecule has 1 N–H and O–H groups in total. The van der Waals surface area contributed by atoms with E-state index in [1.165, 1.54) is 11.8 Å². The maximum Gasteiger partial charge on any atom is 0.343 e. The van der Waals surface area contributed by atoms with Crippen LogP contribution >= 0.6 is 11.8 Å². The first-order valence-electron chi connectivity index (χ1n) is 7.11. The Bertz CT molecular complexity index is 805. The lowest BCUT2D eigenvalue weighted by atomic mass is 10.3. The smallest absolute Gasteiger partial charge is 0.303 e. The molecule has 7 heteroatoms. The number of imidazole rings is 1. The Balaban J connectivity index is 1.89. The number of hydrogen-bond acceptors (Lipinski definition) is 4. The molecular weight excluding hydrogens is 298 g/mol. The van der Waals surface area contributed by atoms with Gasteiger partial charge in [0.2, 0.25) is 0 Å². The minimum absolute atomic E-state index is 0.0655. The van der Waals surface area contributed by atoms with Crippen molar-refractivity contribution in [2.45, 2.75) is 30.8 Å². The Hall–Kier alpha value is -2.28. The summed E-state index contributed by atoms with van der Waals surface area (Å²) in [6, 6.07) is 10.1. The van der Waals surface area contributed by atoms with E-state index in [4.69, 9.17) is 0 Å². The summed E-state index contributed by atoms with van der Waals surface area (Å²) >= 11 is 1.52. The Morgan fingerprint density at radius 1 is 1.32 bits per heavy atom. The topological polar surface area (TPSA) is 68.5 Å². The van der Waals surface area contributed by atoms with Crippen LogP contribution in [0.2, 0.25) is 0 Å². The van der Waals surface area contributed by atoms with Gasteiger partial charge in [-0.05, 0) is 26.0 Å². The van der Waals surface area contributed by atoms with Crippen LogP contribution in [0.3, 0.4) is 0 Å². The second-order valence-electron chi connectivity index (χ2n) is 4.81. The van der Waals surface area contributed by atoms with Gasteiger partial charge in [-0.3, -0.25) is 4.57 Å². The molecule has 0 bridgehead atoms. The normalized spacial score (nSPS) is 12.5. The highest BCUT2D eigenvalue weighted by molar-refractivity contribution is 7.99. The van der Waals surface area contributed by atoms with Gasteiger partial charge in [0.05, 0.1) is 5.25 Å². The van der Waals surface area contributed by atoms with Crippen molar-refractivity contribution in [3.63, 3.8) is 0 Å². The third-order valence-corrected chi connectivity index (χ3v) is 4.48. The van der Waals surface area contributed by atoms with Crippen LogP contribution in [0.4, 0.5) is 0 Å². The molecule has 1 atom stereocenters. The third-order valence-electron chi connectivity index (χ3n) is 3.39. The molecule has 3 rings (SSSR count). The van der Waals surface area contributed by atoms with E-state index < -0.39 is 0 Å². The molecule has 0 aliphatic heterocycles. The Morgan fingerprint density at radius 2 is 2.09 bits per heavy atom. The van der Waals surface area contributed by atoms with Crippen LogP contribution in [0.5, 0.6) is 0 Å². The van der Waals surface area contributed by atoms with Gasteiger partial charge in [0, 0.05) is 24.6 Å². The molecule has 0 fully saturated rings. The lowest BCUT2D eigenvalue weighted by Gasteiger charge is -2.13. The molecule has 1 aromatic carbocycles. The van der Waals surface area contributed by atoms with Gasteiger partial charge in [-0.1, -0.05) is 30.0 Å². The van der Waals surface area contributed by atoms with Crippen LogP contribution in [0.1, 0.15) is 24.9 Å². The summed E-state index contributed by atoms with van der Waals surface area (Å²) in [4.78, 5) is 16.1. The predicted octanol–water partition coefficient (Wildman–Crippen LogP) is 2.63. The molecule has 1 unspecified atom stereocenters. The van der Waals surface area contributed by atoms with Gasteiger partial charge in [0.15, 0.2) is 5.16 Å². The monoisotopic (exact) mass is 315 g/mol. The molecule has 2 aromatic heterocycles. The van der Waals surface area contributed by atoms with Crippen LogP contribution < -0.4 is 5.69 Å². The molecule has 2 heterocycles. The van der Waals surface area contributed by atoms with Crippen molar-refractivity contribution < 1.29 is 0 Å². The maximum atomic E-state index is 11.6. The third kappa shape index (κ3) is 2.71. The minimum atomic E-state index is -0.177. The maximum absolute atomic E-state index is 11.6. The minimum Gasteiger partial charge on any atom is -0.303 e. The van der Waals surface area contributed by atoms with Crippen LogP contribution in [0.15, 0.2) is 52.7 Å².